The van der Waals surface area contributed by atoms with Crippen molar-refractivity contribution in [2.45, 2.75) is 18.4 Å². The van der Waals surface area contributed by atoms with Crippen LogP contribution in [0.5, 0.6) is 0 Å². The van der Waals surface area contributed by atoms with Crippen LogP contribution >= 0.6 is 15.9 Å². The Morgan fingerprint density at radius 1 is 1.20 bits per heavy atom. The van der Waals surface area contributed by atoms with Gasteiger partial charge in [0.05, 0.1) is 4.90 Å². The van der Waals surface area contributed by atoms with E-state index in [1.54, 1.807) is 30.3 Å². The highest BCUT2D eigenvalue weighted by molar-refractivity contribution is 9.10. The van der Waals surface area contributed by atoms with Crippen molar-refractivity contribution in [3.63, 3.8) is 0 Å². The molecule has 20 heavy (non-hydrogen) atoms. The first-order chi connectivity index (χ1) is 9.40. The Labute approximate surface area is 126 Å². The number of hydrogen-bond acceptors (Lipinski definition) is 2. The Morgan fingerprint density at radius 2 is 1.90 bits per heavy atom. The first kappa shape index (κ1) is 15.2. The largest absolute Gasteiger partial charge is 0.241 e. The van der Waals surface area contributed by atoms with E-state index in [0.717, 1.165) is 5.56 Å². The SMILES string of the molecule is Cc1ccc(S(=O)(=O)NCc2ccccc2F)c(Br)c1. The monoisotopic (exact) mass is 357 g/mol. The Balaban J connectivity index is 2.22. The minimum absolute atomic E-state index is 0.0880. The van der Waals surface area contributed by atoms with E-state index in [1.165, 1.54) is 12.1 Å². The molecule has 0 saturated heterocycles. The van der Waals surface area contributed by atoms with Gasteiger partial charge in [-0.05, 0) is 46.6 Å². The number of benzene rings is 2. The average molecular weight is 358 g/mol. The van der Waals surface area contributed by atoms with Crippen molar-refractivity contribution in [3.8, 4) is 0 Å². The third-order valence-electron chi connectivity index (χ3n) is 2.79. The molecule has 6 heteroatoms. The van der Waals surface area contributed by atoms with Gasteiger partial charge in [-0.15, -0.1) is 0 Å². The van der Waals surface area contributed by atoms with Gasteiger partial charge in [-0.25, -0.2) is 17.5 Å². The lowest BCUT2D eigenvalue weighted by molar-refractivity contribution is 0.574. The van der Waals surface area contributed by atoms with Gasteiger partial charge in [0, 0.05) is 16.6 Å². The molecule has 0 radical (unpaired) electrons. The van der Waals surface area contributed by atoms with E-state index in [1.807, 2.05) is 6.92 Å². The van der Waals surface area contributed by atoms with Gasteiger partial charge >= 0.3 is 0 Å². The molecule has 0 atom stereocenters. The molecule has 0 aliphatic heterocycles. The summed E-state index contributed by atoms with van der Waals surface area (Å²) in [5.41, 5.74) is 1.25. The van der Waals surface area contributed by atoms with Crippen LogP contribution in [0, 0.1) is 12.7 Å². The van der Waals surface area contributed by atoms with Crippen molar-refractivity contribution in [1.82, 2.24) is 4.72 Å². The van der Waals surface area contributed by atoms with E-state index in [4.69, 9.17) is 0 Å². The number of rotatable bonds is 4. The third kappa shape index (κ3) is 3.45. The number of hydrogen-bond donors (Lipinski definition) is 1. The van der Waals surface area contributed by atoms with Crippen LogP contribution in [-0.4, -0.2) is 8.42 Å². The Morgan fingerprint density at radius 3 is 2.55 bits per heavy atom. The molecular weight excluding hydrogens is 345 g/mol. The van der Waals surface area contributed by atoms with Crippen LogP contribution in [0.4, 0.5) is 4.39 Å². The molecule has 3 nitrogen and oxygen atoms in total. The van der Waals surface area contributed by atoms with Crippen molar-refractivity contribution >= 4 is 26.0 Å². The minimum atomic E-state index is -3.69. The van der Waals surface area contributed by atoms with Gasteiger partial charge in [-0.1, -0.05) is 24.3 Å². The van der Waals surface area contributed by atoms with Crippen molar-refractivity contribution in [2.75, 3.05) is 0 Å². The molecule has 0 aromatic heterocycles. The molecule has 1 N–H and O–H groups in total. The highest BCUT2D eigenvalue weighted by atomic mass is 79.9. The van der Waals surface area contributed by atoms with Gasteiger partial charge in [0.2, 0.25) is 10.0 Å². The molecule has 2 aromatic rings. The number of halogens is 2. The molecule has 0 unspecified atom stereocenters. The van der Waals surface area contributed by atoms with E-state index < -0.39 is 15.8 Å². The van der Waals surface area contributed by atoms with Crippen LogP contribution in [0.3, 0.4) is 0 Å². The zero-order valence-corrected chi connectivity index (χ0v) is 13.1. The predicted octanol–water partition coefficient (Wildman–Crippen LogP) is 3.38. The van der Waals surface area contributed by atoms with E-state index in [-0.39, 0.29) is 11.4 Å². The zero-order valence-electron chi connectivity index (χ0n) is 10.7. The molecule has 0 bridgehead atoms. The standard InChI is InChI=1S/C14H13BrFNO2S/c1-10-6-7-14(12(15)8-10)20(18,19)17-9-11-4-2-3-5-13(11)16/h2-8,17H,9H2,1H3. The predicted molar refractivity (Wildman–Crippen MR) is 79.3 cm³/mol. The van der Waals surface area contributed by atoms with Crippen molar-refractivity contribution < 1.29 is 12.8 Å². The fraction of sp³-hybridized carbons (Fsp3) is 0.143. The highest BCUT2D eigenvalue weighted by Gasteiger charge is 2.17. The van der Waals surface area contributed by atoms with Crippen molar-refractivity contribution in [3.05, 3.63) is 63.9 Å². The summed E-state index contributed by atoms with van der Waals surface area (Å²) in [4.78, 5) is 0.138. The quantitative estimate of drug-likeness (QED) is 0.911. The molecule has 2 rings (SSSR count). The van der Waals surface area contributed by atoms with Gasteiger partial charge in [0.15, 0.2) is 0 Å². The van der Waals surface area contributed by atoms with Gasteiger partial charge in [-0.2, -0.15) is 0 Å². The molecule has 2 aromatic carbocycles. The Hall–Kier alpha value is -1.24. The van der Waals surface area contributed by atoms with Gasteiger partial charge in [-0.3, -0.25) is 0 Å². The molecule has 0 amide bonds. The molecular formula is C14H13BrFNO2S. The lowest BCUT2D eigenvalue weighted by atomic mass is 10.2. The maximum Gasteiger partial charge on any atom is 0.241 e. The second kappa shape index (κ2) is 6.03. The summed E-state index contributed by atoms with van der Waals surface area (Å²) in [5.74, 6) is -0.432. The van der Waals surface area contributed by atoms with Crippen molar-refractivity contribution in [2.24, 2.45) is 0 Å². The molecule has 0 fully saturated rings. The molecule has 0 aliphatic carbocycles. The summed E-state index contributed by atoms with van der Waals surface area (Å²) in [7, 11) is -3.69. The summed E-state index contributed by atoms with van der Waals surface area (Å²) in [6.45, 7) is 1.78. The molecule has 106 valence electrons. The molecule has 0 spiro atoms. The number of sulfonamides is 1. The van der Waals surface area contributed by atoms with E-state index in [2.05, 4.69) is 20.7 Å². The van der Waals surface area contributed by atoms with Crippen LogP contribution in [0.2, 0.25) is 0 Å². The number of aryl methyl sites for hydroxylation is 1. The second-order valence-electron chi connectivity index (χ2n) is 4.35. The lowest BCUT2D eigenvalue weighted by Gasteiger charge is -2.09. The second-order valence-corrected chi connectivity index (χ2v) is 6.94. The van der Waals surface area contributed by atoms with E-state index >= 15 is 0 Å². The molecule has 0 heterocycles. The smallest absolute Gasteiger partial charge is 0.207 e. The summed E-state index contributed by atoms with van der Waals surface area (Å²) < 4.78 is 40.7. The minimum Gasteiger partial charge on any atom is -0.207 e. The van der Waals surface area contributed by atoms with Crippen LogP contribution in [0.25, 0.3) is 0 Å². The summed E-state index contributed by atoms with van der Waals surface area (Å²) in [6, 6.07) is 11.0. The summed E-state index contributed by atoms with van der Waals surface area (Å²) in [5, 5.41) is 0. The van der Waals surface area contributed by atoms with E-state index in [0.29, 0.717) is 10.0 Å². The number of nitrogens with one attached hydrogen (secondary N) is 1. The van der Waals surface area contributed by atoms with Gasteiger partial charge < -0.3 is 0 Å². The average Bonchev–Trinajstić information content (AvgIpc) is 2.37. The topological polar surface area (TPSA) is 46.2 Å². The van der Waals surface area contributed by atoms with Crippen LogP contribution < -0.4 is 4.72 Å². The maximum absolute atomic E-state index is 13.5. The molecule has 0 saturated carbocycles. The van der Waals surface area contributed by atoms with Crippen LogP contribution in [0.1, 0.15) is 11.1 Å². The fourth-order valence-electron chi connectivity index (χ4n) is 1.72. The first-order valence-corrected chi connectivity index (χ1v) is 8.17. The first-order valence-electron chi connectivity index (χ1n) is 5.89. The fourth-order valence-corrected chi connectivity index (χ4v) is 3.91. The Bertz CT molecular complexity index is 732. The lowest BCUT2D eigenvalue weighted by Crippen LogP contribution is -2.24. The zero-order chi connectivity index (χ0) is 14.8. The van der Waals surface area contributed by atoms with Gasteiger partial charge in [0.25, 0.3) is 0 Å². The summed E-state index contributed by atoms with van der Waals surface area (Å²) >= 11 is 3.23. The van der Waals surface area contributed by atoms with E-state index in [9.17, 15) is 12.8 Å². The van der Waals surface area contributed by atoms with Gasteiger partial charge in [0.1, 0.15) is 5.82 Å². The highest BCUT2D eigenvalue weighted by Crippen LogP contribution is 2.23. The maximum atomic E-state index is 13.5. The van der Waals surface area contributed by atoms with Crippen LogP contribution in [0.15, 0.2) is 51.8 Å². The normalized spacial score (nSPS) is 11.6. The van der Waals surface area contributed by atoms with Crippen LogP contribution in [-0.2, 0) is 16.6 Å². The summed E-state index contributed by atoms with van der Waals surface area (Å²) in [6.07, 6.45) is 0. The Kier molecular flexibility index (Phi) is 4.57. The third-order valence-corrected chi connectivity index (χ3v) is 5.17. The molecule has 0 aliphatic rings. The van der Waals surface area contributed by atoms with Crippen molar-refractivity contribution in [1.29, 1.82) is 0 Å².